The zero-order valence-electron chi connectivity index (χ0n) is 64.2. The summed E-state index contributed by atoms with van der Waals surface area (Å²) in [5, 5.41) is 0. The first-order valence-corrected chi connectivity index (χ1v) is 42.0. The standard InChI is InChI=1S/C88H152NO8P/c1-6-8-10-12-14-16-18-20-22-24-26-28-30-32-34-36-38-40-41-42-43-44-45-46-47-49-50-52-54-56-58-60-62-64-66-68-70-72-74-76-78-80-87(90)94-84-86(85-96-98(92,93)95-83-82-89(3,4)5)97-88(91)81-79-77-75-73-71-69-67-65-63-61-59-57-55-53-51-48-39-37-35-33-31-29-27-25-23-21-19-17-15-13-11-9-7-2/h9,11,15,17-18,20-21,23-24,26-27,29-30,32-33,35,39,48,53,55,59,61,65,67,86H,6-8,10,12-14,16,19,22,25,28,31,34,36-38,40-47,49-52,54,56-58,60,62-64,66,68-85H2,1-5H3/b11-9-,17-15-,20-18-,23-21-,26-24-,29-27-,32-30-,35-33-,48-39-,55-53-,61-59-,67-65-. The molecule has 0 heterocycles. The molecule has 0 aromatic carbocycles. The molecule has 0 aliphatic carbocycles. The second kappa shape index (κ2) is 77.1. The van der Waals surface area contributed by atoms with E-state index in [1.54, 1.807) is 0 Å². The second-order valence-electron chi connectivity index (χ2n) is 28.0. The lowest BCUT2D eigenvalue weighted by Gasteiger charge is -2.28. The van der Waals surface area contributed by atoms with Gasteiger partial charge < -0.3 is 27.9 Å². The van der Waals surface area contributed by atoms with Gasteiger partial charge in [0.1, 0.15) is 19.8 Å². The summed E-state index contributed by atoms with van der Waals surface area (Å²) in [5.41, 5.74) is 0. The number of unbranched alkanes of at least 4 members (excludes halogenated alkanes) is 36. The monoisotopic (exact) mass is 1380 g/mol. The number of phosphoric ester groups is 1. The minimum Gasteiger partial charge on any atom is -0.756 e. The number of hydrogen-bond acceptors (Lipinski definition) is 8. The number of quaternary nitrogens is 1. The molecule has 0 aliphatic rings. The van der Waals surface area contributed by atoms with E-state index in [0.717, 1.165) is 122 Å². The van der Waals surface area contributed by atoms with Gasteiger partial charge in [0, 0.05) is 12.8 Å². The van der Waals surface area contributed by atoms with Crippen molar-refractivity contribution < 1.29 is 42.1 Å². The number of nitrogens with zero attached hydrogens (tertiary/aromatic N) is 1. The highest BCUT2D eigenvalue weighted by Crippen LogP contribution is 2.38. The van der Waals surface area contributed by atoms with E-state index in [0.29, 0.717) is 17.4 Å². The van der Waals surface area contributed by atoms with Crippen LogP contribution in [-0.4, -0.2) is 70.0 Å². The maximum Gasteiger partial charge on any atom is 0.306 e. The Balaban J connectivity index is 4.00. The van der Waals surface area contributed by atoms with Crippen LogP contribution in [0.5, 0.6) is 0 Å². The van der Waals surface area contributed by atoms with Crippen molar-refractivity contribution in [2.24, 2.45) is 0 Å². The van der Waals surface area contributed by atoms with Gasteiger partial charge in [-0.05, 0) is 122 Å². The molecule has 0 fully saturated rings. The summed E-state index contributed by atoms with van der Waals surface area (Å²) in [7, 11) is 1.15. The fourth-order valence-electron chi connectivity index (χ4n) is 11.2. The molecule has 0 spiro atoms. The van der Waals surface area contributed by atoms with Crippen LogP contribution in [0.2, 0.25) is 0 Å². The average molecular weight is 1380 g/mol. The lowest BCUT2D eigenvalue weighted by molar-refractivity contribution is -0.870. The van der Waals surface area contributed by atoms with Gasteiger partial charge in [0.05, 0.1) is 27.7 Å². The molecule has 0 aromatic rings. The molecule has 0 aromatic heterocycles. The molecule has 2 unspecified atom stereocenters. The SMILES string of the molecule is CC/C=C\C/C=C\C/C=C\C/C=C\C/C=C\C/C=C\C/C=C\C/C=C\C/C=C\CCCCCCCC(=O)OC(COC(=O)CCCCCCCCCCCCCCCCCCCCCCCCCCCC/C=C\C/C=C\C/C=C\CCCCCCC)COP(=O)([O-])OCC[N+](C)(C)C. The van der Waals surface area contributed by atoms with E-state index in [1.165, 1.54) is 193 Å². The van der Waals surface area contributed by atoms with E-state index < -0.39 is 26.5 Å². The third-order valence-electron chi connectivity index (χ3n) is 17.3. The van der Waals surface area contributed by atoms with Gasteiger partial charge >= 0.3 is 11.9 Å². The summed E-state index contributed by atoms with van der Waals surface area (Å²) in [4.78, 5) is 38.2. The van der Waals surface area contributed by atoms with Gasteiger partial charge in [-0.25, -0.2) is 0 Å². The number of esters is 2. The first kappa shape index (κ1) is 93.9. The molecule has 0 saturated carbocycles. The van der Waals surface area contributed by atoms with E-state index in [-0.39, 0.29) is 32.0 Å². The van der Waals surface area contributed by atoms with Gasteiger partial charge in [-0.2, -0.15) is 0 Å². The summed E-state index contributed by atoms with van der Waals surface area (Å²) in [6, 6.07) is 0. The molecule has 10 heteroatoms. The van der Waals surface area contributed by atoms with E-state index >= 15 is 0 Å². The van der Waals surface area contributed by atoms with Crippen molar-refractivity contribution in [3.05, 3.63) is 146 Å². The maximum absolute atomic E-state index is 12.9. The van der Waals surface area contributed by atoms with Crippen molar-refractivity contribution >= 4 is 19.8 Å². The van der Waals surface area contributed by atoms with Crippen molar-refractivity contribution in [1.82, 2.24) is 0 Å². The van der Waals surface area contributed by atoms with Gasteiger partial charge in [-0.1, -0.05) is 359 Å². The van der Waals surface area contributed by atoms with Crippen LogP contribution in [0.3, 0.4) is 0 Å². The van der Waals surface area contributed by atoms with Gasteiger partial charge in [0.15, 0.2) is 6.10 Å². The molecule has 2 atom stereocenters. The van der Waals surface area contributed by atoms with Crippen molar-refractivity contribution in [3.63, 3.8) is 0 Å². The van der Waals surface area contributed by atoms with Crippen LogP contribution in [0.4, 0.5) is 0 Å². The highest BCUT2D eigenvalue weighted by atomic mass is 31.2. The predicted molar refractivity (Wildman–Crippen MR) is 424 cm³/mol. The zero-order valence-corrected chi connectivity index (χ0v) is 65.1. The number of carbonyl (C=O) groups is 2. The largest absolute Gasteiger partial charge is 0.756 e. The van der Waals surface area contributed by atoms with E-state index in [1.807, 2.05) is 21.1 Å². The van der Waals surface area contributed by atoms with Crippen LogP contribution in [-0.2, 0) is 32.7 Å². The Morgan fingerprint density at radius 1 is 0.327 bits per heavy atom. The Hall–Kier alpha value is -4.11. The number of phosphoric acid groups is 1. The van der Waals surface area contributed by atoms with Crippen molar-refractivity contribution in [2.45, 2.75) is 354 Å². The first-order chi connectivity index (χ1) is 48.0. The van der Waals surface area contributed by atoms with Crippen LogP contribution in [0.25, 0.3) is 0 Å². The summed E-state index contributed by atoms with van der Waals surface area (Å²) >= 11 is 0. The predicted octanol–water partition coefficient (Wildman–Crippen LogP) is 26.6. The highest BCUT2D eigenvalue weighted by molar-refractivity contribution is 7.45. The van der Waals surface area contributed by atoms with Crippen LogP contribution < -0.4 is 4.89 Å². The molecule has 98 heavy (non-hydrogen) atoms. The van der Waals surface area contributed by atoms with Crippen molar-refractivity contribution in [3.8, 4) is 0 Å². The smallest absolute Gasteiger partial charge is 0.306 e. The number of allylic oxidation sites excluding steroid dienone is 24. The summed E-state index contributed by atoms with van der Waals surface area (Å²) in [6.07, 6.45) is 114. The highest BCUT2D eigenvalue weighted by Gasteiger charge is 2.22. The normalized spacial score (nSPS) is 13.8. The molecule has 0 saturated heterocycles. The lowest BCUT2D eigenvalue weighted by atomic mass is 10.0. The number of carbonyl (C=O) groups excluding carboxylic acids is 2. The quantitative estimate of drug-likeness (QED) is 0.0195. The van der Waals surface area contributed by atoms with Crippen LogP contribution in [0, 0.1) is 0 Å². The Kier molecular flexibility index (Phi) is 73.8. The summed E-state index contributed by atoms with van der Waals surface area (Å²) < 4.78 is 34.4. The fourth-order valence-corrected chi connectivity index (χ4v) is 11.9. The zero-order chi connectivity index (χ0) is 71.1. The van der Waals surface area contributed by atoms with Gasteiger partial charge in [0.25, 0.3) is 7.82 Å². The molecule has 0 radical (unpaired) electrons. The molecule has 562 valence electrons. The van der Waals surface area contributed by atoms with Crippen LogP contribution >= 0.6 is 7.82 Å². The Labute approximate surface area is 605 Å². The third kappa shape index (κ3) is 80.9. The first-order valence-electron chi connectivity index (χ1n) is 40.5. The molecular weight excluding hydrogens is 1230 g/mol. The fraction of sp³-hybridized carbons (Fsp3) is 0.705. The summed E-state index contributed by atoms with van der Waals surface area (Å²) in [6.45, 7) is 4.11. The summed E-state index contributed by atoms with van der Waals surface area (Å²) in [5.74, 6) is -0.852. The maximum atomic E-state index is 12.9. The Morgan fingerprint density at radius 2 is 0.582 bits per heavy atom. The topological polar surface area (TPSA) is 111 Å². The van der Waals surface area contributed by atoms with Crippen molar-refractivity contribution in [1.29, 1.82) is 0 Å². The number of hydrogen-bond donors (Lipinski definition) is 0. The minimum atomic E-state index is -4.66. The average Bonchev–Trinajstić information content (AvgIpc) is 1.08. The third-order valence-corrected chi connectivity index (χ3v) is 18.3. The Morgan fingerprint density at radius 3 is 0.867 bits per heavy atom. The Bertz CT molecular complexity index is 2170. The minimum absolute atomic E-state index is 0.0405. The molecule has 9 nitrogen and oxygen atoms in total. The van der Waals surface area contributed by atoms with Crippen LogP contribution in [0.15, 0.2) is 146 Å². The lowest BCUT2D eigenvalue weighted by Crippen LogP contribution is -2.37. The van der Waals surface area contributed by atoms with E-state index in [4.69, 9.17) is 18.5 Å². The molecule has 0 aliphatic heterocycles. The molecule has 0 amide bonds. The van der Waals surface area contributed by atoms with Gasteiger partial charge in [0.2, 0.25) is 0 Å². The number of rotatable bonds is 74. The molecular formula is C88H152NO8P. The van der Waals surface area contributed by atoms with E-state index in [2.05, 4.69) is 160 Å². The van der Waals surface area contributed by atoms with Gasteiger partial charge in [-0.3, -0.25) is 14.2 Å². The molecule has 0 N–H and O–H groups in total. The second-order valence-corrected chi connectivity index (χ2v) is 29.5. The number of likely N-dealkylation sites (N-methyl/N-ethyl adjacent to an activating group) is 1. The van der Waals surface area contributed by atoms with Crippen molar-refractivity contribution in [2.75, 3.05) is 47.5 Å². The van der Waals surface area contributed by atoms with E-state index in [9.17, 15) is 19.0 Å². The van der Waals surface area contributed by atoms with Gasteiger partial charge in [-0.15, -0.1) is 0 Å². The van der Waals surface area contributed by atoms with Crippen LogP contribution in [0.1, 0.15) is 348 Å². The number of ether oxygens (including phenoxy) is 2. The molecule has 0 rings (SSSR count). The molecule has 0 bridgehead atoms.